The maximum atomic E-state index is 12.4. The van der Waals surface area contributed by atoms with E-state index in [-0.39, 0.29) is 29.8 Å². The van der Waals surface area contributed by atoms with Crippen molar-refractivity contribution < 1.29 is 14.3 Å². The molecule has 2 unspecified atom stereocenters. The van der Waals surface area contributed by atoms with Crippen molar-refractivity contribution >= 4 is 45.0 Å². The van der Waals surface area contributed by atoms with E-state index < -0.39 is 0 Å². The second-order valence-corrected chi connectivity index (χ2v) is 10.8. The fraction of sp³-hybridized carbons (Fsp3) is 0.400. The lowest BCUT2D eigenvalue weighted by molar-refractivity contribution is -0.141. The van der Waals surface area contributed by atoms with Crippen LogP contribution in [0, 0.1) is 18.8 Å². The molecular formula is C25H24ClN3O3S. The van der Waals surface area contributed by atoms with Crippen LogP contribution in [0.15, 0.2) is 30.5 Å². The summed E-state index contributed by atoms with van der Waals surface area (Å²) >= 11 is 8.05. The van der Waals surface area contributed by atoms with Crippen LogP contribution in [0.1, 0.15) is 29.7 Å². The minimum absolute atomic E-state index is 0.0297. The molecule has 33 heavy (non-hydrogen) atoms. The molecule has 1 saturated carbocycles. The number of ether oxygens (including phenoxy) is 1. The summed E-state index contributed by atoms with van der Waals surface area (Å²) in [5.74, 6) is 0.629. The van der Waals surface area contributed by atoms with Gasteiger partial charge in [-0.05, 0) is 62.6 Å². The molecule has 2 aliphatic heterocycles. The fourth-order valence-electron chi connectivity index (χ4n) is 5.01. The van der Waals surface area contributed by atoms with Crippen molar-refractivity contribution in [2.75, 3.05) is 13.1 Å². The van der Waals surface area contributed by atoms with E-state index in [1.165, 1.54) is 4.90 Å². The molecule has 0 radical (unpaired) electrons. The first-order valence-electron chi connectivity index (χ1n) is 11.4. The summed E-state index contributed by atoms with van der Waals surface area (Å²) in [6.45, 7) is 4.20. The Balaban J connectivity index is 1.38. The van der Waals surface area contributed by atoms with Crippen LogP contribution < -0.4 is 10.1 Å². The van der Waals surface area contributed by atoms with E-state index in [0.717, 1.165) is 69.9 Å². The summed E-state index contributed by atoms with van der Waals surface area (Å²) in [5, 5.41) is 4.07. The largest absolute Gasteiger partial charge is 0.488 e. The zero-order valence-electron chi connectivity index (χ0n) is 18.3. The molecule has 0 bridgehead atoms. The number of benzene rings is 1. The van der Waals surface area contributed by atoms with E-state index >= 15 is 0 Å². The molecule has 6 nitrogen and oxygen atoms in total. The van der Waals surface area contributed by atoms with Crippen molar-refractivity contribution in [1.29, 1.82) is 0 Å². The minimum atomic E-state index is -0.0796. The van der Waals surface area contributed by atoms with Gasteiger partial charge in [-0.15, -0.1) is 11.3 Å². The average molecular weight is 482 g/mol. The number of rotatable bonds is 5. The number of amides is 2. The first-order valence-corrected chi connectivity index (χ1v) is 12.6. The fourth-order valence-corrected chi connectivity index (χ4v) is 6.42. The van der Waals surface area contributed by atoms with Crippen molar-refractivity contribution in [3.63, 3.8) is 0 Å². The number of thiophene rings is 1. The highest BCUT2D eigenvalue weighted by Crippen LogP contribution is 2.48. The van der Waals surface area contributed by atoms with Crippen molar-refractivity contribution in [3.8, 4) is 16.9 Å². The Hall–Kier alpha value is -2.48. The Bertz CT molecular complexity index is 1260. The monoisotopic (exact) mass is 481 g/mol. The molecule has 2 amide bonds. The second kappa shape index (κ2) is 8.08. The number of likely N-dealkylation sites (tertiary alicyclic amines) is 1. The third-order valence-electron chi connectivity index (χ3n) is 6.80. The van der Waals surface area contributed by atoms with Crippen LogP contribution in [-0.2, 0) is 16.1 Å². The Morgan fingerprint density at radius 2 is 2.03 bits per heavy atom. The number of aryl methyl sites for hydroxylation is 1. The van der Waals surface area contributed by atoms with Gasteiger partial charge < -0.3 is 10.1 Å². The smallest absolute Gasteiger partial charge is 0.233 e. The van der Waals surface area contributed by atoms with E-state index in [0.29, 0.717) is 11.6 Å². The van der Waals surface area contributed by atoms with Crippen LogP contribution in [0.3, 0.4) is 0 Å². The molecule has 3 aliphatic rings. The molecule has 1 aromatic carbocycles. The van der Waals surface area contributed by atoms with E-state index in [4.69, 9.17) is 16.3 Å². The summed E-state index contributed by atoms with van der Waals surface area (Å²) in [6, 6.07) is 7.86. The van der Waals surface area contributed by atoms with Gasteiger partial charge in [0, 0.05) is 33.8 Å². The van der Waals surface area contributed by atoms with Crippen LogP contribution in [0.4, 0.5) is 0 Å². The summed E-state index contributed by atoms with van der Waals surface area (Å²) in [4.78, 5) is 31.8. The molecule has 3 aromatic rings. The number of hydrogen-bond donors (Lipinski definition) is 1. The lowest BCUT2D eigenvalue weighted by atomic mass is 10.0. The Kier molecular flexibility index (Phi) is 5.16. The van der Waals surface area contributed by atoms with Gasteiger partial charge in [-0.2, -0.15) is 0 Å². The maximum absolute atomic E-state index is 12.4. The third kappa shape index (κ3) is 3.72. The van der Waals surface area contributed by atoms with Crippen LogP contribution in [-0.4, -0.2) is 40.9 Å². The summed E-state index contributed by atoms with van der Waals surface area (Å²) in [5.41, 5.74) is 3.79. The average Bonchev–Trinajstić information content (AvgIpc) is 3.44. The van der Waals surface area contributed by atoms with Crippen LogP contribution in [0.5, 0.6) is 5.75 Å². The molecule has 0 spiro atoms. The normalized spacial score (nSPS) is 24.4. The molecule has 170 valence electrons. The van der Waals surface area contributed by atoms with Gasteiger partial charge in [-0.1, -0.05) is 11.6 Å². The standard InChI is InChI=1S/C25H24ClN3O3S/c1-13-7-14(26)8-18(22(13)32-15-3-2-5-27-11-15)17-4-6-28-21-9-16(33-23(17)21)12-29-24(30)19-10-20(19)25(29)31/h4,6-9,15,19-20,27H,2-3,5,10-12H2,1H3/t15-,19?,20?/m0/s1. The number of piperidine rings is 2. The first-order chi connectivity index (χ1) is 16.0. The minimum Gasteiger partial charge on any atom is -0.488 e. The molecule has 6 rings (SSSR count). The van der Waals surface area contributed by atoms with E-state index in [1.54, 1.807) is 17.5 Å². The topological polar surface area (TPSA) is 71.5 Å². The number of nitrogens with one attached hydrogen (secondary N) is 1. The highest BCUT2D eigenvalue weighted by Gasteiger charge is 2.58. The number of halogens is 1. The lowest BCUT2D eigenvalue weighted by Crippen LogP contribution is -2.37. The third-order valence-corrected chi connectivity index (χ3v) is 8.16. The number of nitrogens with zero attached hydrogens (tertiary/aromatic N) is 2. The number of carbonyl (C=O) groups excluding carboxylic acids is 2. The highest BCUT2D eigenvalue weighted by molar-refractivity contribution is 7.19. The van der Waals surface area contributed by atoms with E-state index in [2.05, 4.69) is 10.3 Å². The zero-order chi connectivity index (χ0) is 22.7. The molecule has 1 N–H and O–H groups in total. The predicted molar refractivity (Wildman–Crippen MR) is 128 cm³/mol. The number of carbonyl (C=O) groups is 2. The molecule has 2 aromatic heterocycles. The SMILES string of the molecule is Cc1cc(Cl)cc(-c2ccnc3cc(CN4C(=O)C5CC5C4=O)sc23)c1O[C@H]1CCCNC1. The van der Waals surface area contributed by atoms with Gasteiger partial charge in [-0.25, -0.2) is 0 Å². The van der Waals surface area contributed by atoms with E-state index in [9.17, 15) is 9.59 Å². The number of aromatic nitrogens is 1. The van der Waals surface area contributed by atoms with Crippen LogP contribution in [0.2, 0.25) is 5.02 Å². The summed E-state index contributed by atoms with van der Waals surface area (Å²) < 4.78 is 7.50. The molecular weight excluding hydrogens is 458 g/mol. The van der Waals surface area contributed by atoms with Crippen molar-refractivity contribution in [2.45, 2.75) is 38.8 Å². The lowest BCUT2D eigenvalue weighted by Gasteiger charge is -2.26. The highest BCUT2D eigenvalue weighted by atomic mass is 35.5. The number of imide groups is 1. The zero-order valence-corrected chi connectivity index (χ0v) is 19.8. The Morgan fingerprint density at radius 3 is 2.79 bits per heavy atom. The molecule has 3 fully saturated rings. The van der Waals surface area contributed by atoms with Gasteiger partial charge in [0.25, 0.3) is 0 Å². The molecule has 1 aliphatic carbocycles. The molecule has 3 atom stereocenters. The van der Waals surface area contributed by atoms with Crippen molar-refractivity contribution in [2.24, 2.45) is 11.8 Å². The van der Waals surface area contributed by atoms with Gasteiger partial charge in [0.15, 0.2) is 0 Å². The molecule has 8 heteroatoms. The number of pyridine rings is 1. The second-order valence-electron chi connectivity index (χ2n) is 9.18. The van der Waals surface area contributed by atoms with Gasteiger partial charge in [0.05, 0.1) is 28.6 Å². The van der Waals surface area contributed by atoms with Gasteiger partial charge in [0.2, 0.25) is 11.8 Å². The summed E-state index contributed by atoms with van der Waals surface area (Å²) in [6.07, 6.45) is 4.74. The van der Waals surface area contributed by atoms with Crippen molar-refractivity contribution in [3.05, 3.63) is 45.9 Å². The van der Waals surface area contributed by atoms with E-state index in [1.807, 2.05) is 31.2 Å². The van der Waals surface area contributed by atoms with Gasteiger partial charge >= 0.3 is 0 Å². The summed E-state index contributed by atoms with van der Waals surface area (Å²) in [7, 11) is 0. The Morgan fingerprint density at radius 1 is 1.21 bits per heavy atom. The van der Waals surface area contributed by atoms with Crippen molar-refractivity contribution in [1.82, 2.24) is 15.2 Å². The van der Waals surface area contributed by atoms with Crippen LogP contribution in [0.25, 0.3) is 21.3 Å². The number of fused-ring (bicyclic) bond motifs is 2. The molecule has 2 saturated heterocycles. The Labute approximate surface area is 200 Å². The first kappa shape index (κ1) is 21.1. The quantitative estimate of drug-likeness (QED) is 0.541. The predicted octanol–water partition coefficient (Wildman–Crippen LogP) is 4.56. The molecule has 4 heterocycles. The van der Waals surface area contributed by atoms with Gasteiger partial charge in [-0.3, -0.25) is 19.5 Å². The number of hydrogen-bond acceptors (Lipinski definition) is 6. The van der Waals surface area contributed by atoms with Crippen LogP contribution >= 0.6 is 22.9 Å². The maximum Gasteiger partial charge on any atom is 0.233 e. The van der Waals surface area contributed by atoms with Gasteiger partial charge in [0.1, 0.15) is 11.9 Å².